The molecule has 0 unspecified atom stereocenters. The van der Waals surface area contributed by atoms with Gasteiger partial charge in [-0.1, -0.05) is 153 Å². The normalized spacial score (nSPS) is 10.0. The Labute approximate surface area is 501 Å². The van der Waals surface area contributed by atoms with Crippen LogP contribution in [0.2, 0.25) is 0 Å². The number of rotatable bonds is 30. The summed E-state index contributed by atoms with van der Waals surface area (Å²) in [6, 6.07) is 46.7. The third-order valence-corrected chi connectivity index (χ3v) is 13.3. The van der Waals surface area contributed by atoms with Crippen molar-refractivity contribution >= 4 is 34.9 Å². The van der Waals surface area contributed by atoms with Gasteiger partial charge in [-0.3, -0.25) is 0 Å². The molecule has 0 amide bonds. The summed E-state index contributed by atoms with van der Waals surface area (Å²) < 4.78 is 17.8. The summed E-state index contributed by atoms with van der Waals surface area (Å²) in [5.74, 6) is 40.3. The maximum Gasteiger partial charge on any atom is 0.233 e. The standard InChI is InChI=1S/C75H78N6O3/c1-4-7-10-13-16-25-58-82-70-52-40-64(41-53-70)31-22-19-28-61-34-46-67(47-35-61)76-73-79-74(77-68-48-36-62(37-49-68)29-20-23-32-65-42-54-71(55-43-65)83-59-26-17-14-11-8-5-2)81-75(80-73)78-69-50-38-63(39-51-69)30-21-24-33-66-44-56-72(57-45-66)84-60-27-18-15-12-9-6-3/h34-57H,4-18,25-27,58-60H2,1-3H3,(H3,76,77,78,79,80,81). The molecule has 6 aromatic carbocycles. The summed E-state index contributed by atoms with van der Waals surface area (Å²) in [7, 11) is 0. The molecule has 7 rings (SSSR count). The smallest absolute Gasteiger partial charge is 0.233 e. The molecule has 0 fully saturated rings. The molecule has 0 radical (unpaired) electrons. The zero-order valence-corrected chi connectivity index (χ0v) is 49.3. The number of ether oxygens (including phenoxy) is 3. The molecule has 0 atom stereocenters. The van der Waals surface area contributed by atoms with Crippen molar-refractivity contribution < 1.29 is 14.2 Å². The number of benzene rings is 6. The molecule has 84 heavy (non-hydrogen) atoms. The Bertz CT molecular complexity index is 3090. The first kappa shape index (κ1) is 62.1. The van der Waals surface area contributed by atoms with Crippen LogP contribution in [0.15, 0.2) is 146 Å². The number of nitrogens with zero attached hydrogens (tertiary/aromatic N) is 3. The molecule has 9 nitrogen and oxygen atoms in total. The average molecular weight is 1110 g/mol. The van der Waals surface area contributed by atoms with E-state index in [1.54, 1.807) is 0 Å². The number of nitrogens with one attached hydrogen (secondary N) is 3. The van der Waals surface area contributed by atoms with Crippen LogP contribution >= 0.6 is 0 Å². The lowest BCUT2D eigenvalue weighted by Crippen LogP contribution is -2.07. The lowest BCUT2D eigenvalue weighted by atomic mass is 10.1. The average Bonchev–Trinajstić information content (AvgIpc) is 3.72. The minimum absolute atomic E-state index is 0.325. The third kappa shape index (κ3) is 24.7. The molecule has 0 saturated carbocycles. The van der Waals surface area contributed by atoms with Crippen LogP contribution < -0.4 is 30.2 Å². The van der Waals surface area contributed by atoms with Crippen LogP contribution in [0.3, 0.4) is 0 Å². The van der Waals surface area contributed by atoms with Crippen LogP contribution in [0.5, 0.6) is 17.2 Å². The molecule has 0 aliphatic heterocycles. The van der Waals surface area contributed by atoms with E-state index < -0.39 is 0 Å². The second-order valence-electron chi connectivity index (χ2n) is 20.3. The summed E-state index contributed by atoms with van der Waals surface area (Å²) >= 11 is 0. The highest BCUT2D eigenvalue weighted by Gasteiger charge is 2.10. The molecule has 0 spiro atoms. The molecular weight excluding hydrogens is 1030 g/mol. The molecule has 0 saturated heterocycles. The van der Waals surface area contributed by atoms with E-state index in [0.29, 0.717) is 17.8 Å². The van der Waals surface area contributed by atoms with Crippen molar-refractivity contribution in [2.45, 2.75) is 136 Å². The Morgan fingerprint density at radius 2 is 0.464 bits per heavy atom. The molecule has 426 valence electrons. The first-order valence-corrected chi connectivity index (χ1v) is 30.1. The summed E-state index contributed by atoms with van der Waals surface area (Å²) in [5, 5.41) is 10.0. The Kier molecular flexibility index (Phi) is 27.7. The Morgan fingerprint density at radius 3 is 0.690 bits per heavy atom. The highest BCUT2D eigenvalue weighted by molar-refractivity contribution is 5.64. The van der Waals surface area contributed by atoms with Crippen molar-refractivity contribution in [2.24, 2.45) is 0 Å². The van der Waals surface area contributed by atoms with Crippen LogP contribution in [0, 0.1) is 71.0 Å². The predicted molar refractivity (Wildman–Crippen MR) is 346 cm³/mol. The lowest BCUT2D eigenvalue weighted by molar-refractivity contribution is 0.304. The van der Waals surface area contributed by atoms with Crippen LogP contribution in [0.1, 0.15) is 170 Å². The summed E-state index contributed by atoms with van der Waals surface area (Å²) in [6.45, 7) is 8.92. The molecule has 7 aromatic rings. The SMILES string of the molecule is CCCCCCCCOc1ccc(C#CC#Cc2ccc(Nc3nc(Nc4ccc(C#CC#Cc5ccc(OCCCCCCCC)cc5)cc4)nc(Nc4ccc(C#CC#Cc5ccc(OCCCCCCCC)cc5)cc4)n3)cc2)cc1. The van der Waals surface area contributed by atoms with Gasteiger partial charge >= 0.3 is 0 Å². The van der Waals surface area contributed by atoms with Gasteiger partial charge in [0.2, 0.25) is 17.8 Å². The predicted octanol–water partition coefficient (Wildman–Crippen LogP) is 17.5. The number of anilines is 6. The Hall–Kier alpha value is -9.51. The van der Waals surface area contributed by atoms with Crippen LogP contribution in [0.25, 0.3) is 0 Å². The van der Waals surface area contributed by atoms with Crippen molar-refractivity contribution in [3.05, 3.63) is 179 Å². The topological polar surface area (TPSA) is 102 Å². The first-order valence-electron chi connectivity index (χ1n) is 30.1. The van der Waals surface area contributed by atoms with E-state index in [4.69, 9.17) is 29.2 Å². The minimum Gasteiger partial charge on any atom is -0.494 e. The van der Waals surface area contributed by atoms with Gasteiger partial charge in [0.15, 0.2) is 0 Å². The van der Waals surface area contributed by atoms with Crippen molar-refractivity contribution in [1.82, 2.24) is 15.0 Å². The number of aromatic nitrogens is 3. The van der Waals surface area contributed by atoms with Gasteiger partial charge in [0.1, 0.15) is 17.2 Å². The van der Waals surface area contributed by atoms with Gasteiger partial charge in [0, 0.05) is 50.4 Å². The highest BCUT2D eigenvalue weighted by atomic mass is 16.5. The molecular formula is C75H78N6O3. The van der Waals surface area contributed by atoms with E-state index in [9.17, 15) is 0 Å². The van der Waals surface area contributed by atoms with Crippen molar-refractivity contribution in [2.75, 3.05) is 35.8 Å². The fourth-order valence-corrected chi connectivity index (χ4v) is 8.58. The molecule has 0 aliphatic carbocycles. The maximum absolute atomic E-state index is 5.92. The van der Waals surface area contributed by atoms with Gasteiger partial charge in [-0.25, -0.2) is 0 Å². The minimum atomic E-state index is 0.325. The van der Waals surface area contributed by atoms with Gasteiger partial charge in [0.25, 0.3) is 0 Å². The van der Waals surface area contributed by atoms with Crippen LogP contribution in [-0.2, 0) is 0 Å². The van der Waals surface area contributed by atoms with Crippen molar-refractivity contribution in [3.8, 4) is 88.3 Å². The summed E-state index contributed by atoms with van der Waals surface area (Å²) in [5.41, 5.74) is 7.39. The van der Waals surface area contributed by atoms with E-state index in [-0.39, 0.29) is 0 Å². The first-order chi connectivity index (χ1) is 41.5. The van der Waals surface area contributed by atoms with Gasteiger partial charge in [0.05, 0.1) is 19.8 Å². The van der Waals surface area contributed by atoms with Crippen molar-refractivity contribution in [1.29, 1.82) is 0 Å². The van der Waals surface area contributed by atoms with Gasteiger partial charge < -0.3 is 30.2 Å². The molecule has 0 bridgehead atoms. The zero-order chi connectivity index (χ0) is 58.3. The fourth-order valence-electron chi connectivity index (χ4n) is 8.58. The third-order valence-electron chi connectivity index (χ3n) is 13.3. The van der Waals surface area contributed by atoms with E-state index in [2.05, 4.69) is 108 Å². The van der Waals surface area contributed by atoms with Gasteiger partial charge in [-0.15, -0.1) is 0 Å². The van der Waals surface area contributed by atoms with E-state index in [1.165, 1.54) is 96.3 Å². The van der Waals surface area contributed by atoms with E-state index in [1.807, 2.05) is 146 Å². The lowest BCUT2D eigenvalue weighted by Gasteiger charge is -2.12. The van der Waals surface area contributed by atoms with Crippen LogP contribution in [0.4, 0.5) is 34.9 Å². The van der Waals surface area contributed by atoms with Gasteiger partial charge in [-0.2, -0.15) is 15.0 Å². The monoisotopic (exact) mass is 1110 g/mol. The maximum atomic E-state index is 5.92. The molecule has 0 aliphatic rings. The van der Waals surface area contributed by atoms with Crippen molar-refractivity contribution in [3.63, 3.8) is 0 Å². The van der Waals surface area contributed by atoms with E-state index >= 15 is 0 Å². The highest BCUT2D eigenvalue weighted by Crippen LogP contribution is 2.23. The Balaban J connectivity index is 0.961. The van der Waals surface area contributed by atoms with Gasteiger partial charge in [-0.05, 0) is 200 Å². The van der Waals surface area contributed by atoms with Crippen LogP contribution in [-0.4, -0.2) is 34.8 Å². The summed E-state index contributed by atoms with van der Waals surface area (Å²) in [4.78, 5) is 14.2. The second kappa shape index (κ2) is 37.5. The summed E-state index contributed by atoms with van der Waals surface area (Å²) in [6.07, 6.45) is 22.3. The quantitative estimate of drug-likeness (QED) is 0.0300. The fraction of sp³-hybridized carbons (Fsp3) is 0.320. The molecule has 1 aromatic heterocycles. The molecule has 3 N–H and O–H groups in total. The second-order valence-corrected chi connectivity index (χ2v) is 20.3. The number of hydrogen-bond acceptors (Lipinski definition) is 9. The van der Waals surface area contributed by atoms with E-state index in [0.717, 1.165) is 107 Å². The molecule has 9 heteroatoms. The largest absolute Gasteiger partial charge is 0.494 e. The molecule has 1 heterocycles. The number of hydrogen-bond donors (Lipinski definition) is 3. The zero-order valence-electron chi connectivity index (χ0n) is 49.3. The number of unbranched alkanes of at least 4 members (excludes halogenated alkanes) is 15. The Morgan fingerprint density at radius 1 is 0.262 bits per heavy atom.